The van der Waals surface area contributed by atoms with Gasteiger partial charge in [-0.05, 0) is 101 Å². The minimum Gasteiger partial charge on any atom is -0.358 e. The van der Waals surface area contributed by atoms with E-state index in [1.54, 1.807) is 33.8 Å². The monoisotopic (exact) mass is 627 g/mol. The average molecular weight is 628 g/mol. The molecule has 10 nitrogen and oxygen atoms in total. The zero-order chi connectivity index (χ0) is 31.6. The molecule has 2 fully saturated rings. The van der Waals surface area contributed by atoms with Crippen molar-refractivity contribution < 1.29 is 18.7 Å². The van der Waals surface area contributed by atoms with E-state index in [0.717, 1.165) is 30.7 Å². The number of hydrogen-bond acceptors (Lipinski definition) is 6. The number of aromatic nitrogens is 5. The molecule has 2 amide bonds. The van der Waals surface area contributed by atoms with Crippen LogP contribution in [0.2, 0.25) is 0 Å². The van der Waals surface area contributed by atoms with E-state index in [0.29, 0.717) is 47.8 Å². The van der Waals surface area contributed by atoms with Crippen LogP contribution in [-0.4, -0.2) is 73.5 Å². The normalized spacial score (nSPS) is 18.7. The Bertz CT molecular complexity index is 1510. The summed E-state index contributed by atoms with van der Waals surface area (Å²) in [6.45, 7) is 7.10. The predicted molar refractivity (Wildman–Crippen MR) is 172 cm³/mol. The molecule has 240 valence electrons. The topological polar surface area (TPSA) is 116 Å². The van der Waals surface area contributed by atoms with E-state index in [-0.39, 0.29) is 17.6 Å². The van der Waals surface area contributed by atoms with Crippen LogP contribution in [0.4, 0.5) is 10.2 Å². The first kappa shape index (κ1) is 32.2. The van der Waals surface area contributed by atoms with Crippen LogP contribution in [0, 0.1) is 31.1 Å². The number of aryl methyl sites for hydroxylation is 2. The molecule has 0 aliphatic heterocycles. The molecule has 3 aromatic rings. The van der Waals surface area contributed by atoms with Gasteiger partial charge in [-0.1, -0.05) is 6.42 Å². The fraction of sp³-hybridized carbons (Fsp3) is 0.594. The first-order valence-corrected chi connectivity index (χ1v) is 18.5. The molecule has 2 aliphatic rings. The Morgan fingerprint density at radius 3 is 2.61 bits per heavy atom. The fourth-order valence-electron chi connectivity index (χ4n) is 6.37. The first-order valence-electron chi connectivity index (χ1n) is 15.5. The lowest BCUT2D eigenvalue weighted by Gasteiger charge is -2.34. The van der Waals surface area contributed by atoms with Crippen LogP contribution in [0.1, 0.15) is 67.3 Å². The number of hydrogen-bond donors (Lipinski definition) is 2. The average Bonchev–Trinajstić information content (AvgIpc) is 3.40. The predicted octanol–water partition coefficient (Wildman–Crippen LogP) is 5.29. The van der Waals surface area contributed by atoms with E-state index in [1.165, 1.54) is 19.3 Å². The van der Waals surface area contributed by atoms with Crippen molar-refractivity contribution in [3.8, 4) is 11.1 Å². The smallest absolute Gasteiger partial charge is 0.270 e. The van der Waals surface area contributed by atoms with E-state index in [9.17, 15) is 9.59 Å². The van der Waals surface area contributed by atoms with Crippen molar-refractivity contribution in [1.29, 1.82) is 0 Å². The van der Waals surface area contributed by atoms with Gasteiger partial charge >= 0.3 is 0 Å². The summed E-state index contributed by atoms with van der Waals surface area (Å²) >= 11 is 0. The first-order chi connectivity index (χ1) is 20.9. The molecular weight excluding hydrogens is 581 g/mol. The minimum atomic E-state index is -0.771. The lowest BCUT2D eigenvalue weighted by Crippen LogP contribution is -2.50. The van der Waals surface area contributed by atoms with Gasteiger partial charge in [-0.2, -0.15) is 14.6 Å². The zero-order valence-electron chi connectivity index (χ0n) is 26.8. The SMILES string of the molecule is CCn1nccc1C(=O)N[C@H](C(=O)Nc1ccc(-c2c(C)nn(COCCS(C)(C)C)c2C)c(F)n1)[C@H]1CCCC2(CC2)C1. The van der Waals surface area contributed by atoms with Crippen LogP contribution in [0.5, 0.6) is 0 Å². The third kappa shape index (κ3) is 7.34. The minimum absolute atomic E-state index is 0.0134. The highest BCUT2D eigenvalue weighted by atomic mass is 32.3. The number of carbonyl (C=O) groups is 2. The second kappa shape index (κ2) is 13.0. The maximum absolute atomic E-state index is 15.5. The van der Waals surface area contributed by atoms with Crippen LogP contribution < -0.4 is 10.6 Å². The number of nitrogens with one attached hydrogen (secondary N) is 2. The molecule has 2 aliphatic carbocycles. The van der Waals surface area contributed by atoms with E-state index >= 15 is 4.39 Å². The number of halogens is 1. The van der Waals surface area contributed by atoms with Crippen LogP contribution in [0.15, 0.2) is 24.4 Å². The van der Waals surface area contributed by atoms with Crippen molar-refractivity contribution in [3.05, 3.63) is 47.4 Å². The largest absolute Gasteiger partial charge is 0.358 e. The van der Waals surface area contributed by atoms with Gasteiger partial charge in [0.1, 0.15) is 24.3 Å². The third-order valence-electron chi connectivity index (χ3n) is 9.03. The summed E-state index contributed by atoms with van der Waals surface area (Å²) in [6.07, 6.45) is 14.6. The van der Waals surface area contributed by atoms with E-state index in [4.69, 9.17) is 4.74 Å². The molecule has 0 unspecified atom stereocenters. The van der Waals surface area contributed by atoms with Crippen LogP contribution in [0.25, 0.3) is 11.1 Å². The Morgan fingerprint density at radius 2 is 1.93 bits per heavy atom. The standard InChI is InChI=1S/C32H46FN7O3S/c1-7-39-25(12-16-34-39)30(41)37-28(23-9-8-13-32(19-23)14-15-32)31(42)36-26-11-10-24(29(33)35-26)27-21(2)38-40(22(27)3)20-43-17-18-44(4,5)6/h10-12,16,23,28H,7-9,13-15,17-20H2,1-6H3,(H,37,41)(H,35,36,42)/t23-,28-/m0/s1. The molecule has 44 heavy (non-hydrogen) atoms. The van der Waals surface area contributed by atoms with Gasteiger partial charge in [-0.25, -0.2) is 19.7 Å². The molecular formula is C32H46FN7O3S. The van der Waals surface area contributed by atoms with Crippen LogP contribution >= 0.6 is 10.0 Å². The Balaban J connectivity index is 1.31. The molecule has 0 radical (unpaired) electrons. The van der Waals surface area contributed by atoms with Gasteiger partial charge in [0.25, 0.3) is 5.91 Å². The quantitative estimate of drug-likeness (QED) is 0.208. The number of nitrogens with zero attached hydrogens (tertiary/aromatic N) is 5. The van der Waals surface area contributed by atoms with Crippen molar-refractivity contribution >= 4 is 27.7 Å². The molecule has 0 aromatic carbocycles. The Morgan fingerprint density at radius 1 is 1.16 bits per heavy atom. The number of carbonyl (C=O) groups excluding carboxylic acids is 2. The second-order valence-electron chi connectivity index (χ2n) is 13.2. The molecule has 2 saturated carbocycles. The summed E-state index contributed by atoms with van der Waals surface area (Å²) in [6, 6.07) is 4.10. The van der Waals surface area contributed by atoms with Crippen molar-refractivity contribution in [2.45, 2.75) is 78.6 Å². The molecule has 5 rings (SSSR count). The van der Waals surface area contributed by atoms with E-state index in [2.05, 4.69) is 44.6 Å². The highest BCUT2D eigenvalue weighted by Gasteiger charge is 2.48. The molecule has 2 atom stereocenters. The fourth-order valence-corrected chi connectivity index (χ4v) is 6.99. The maximum atomic E-state index is 15.5. The summed E-state index contributed by atoms with van der Waals surface area (Å²) in [7, 11) is -0.654. The van der Waals surface area contributed by atoms with Gasteiger partial charge in [0, 0.05) is 35.3 Å². The molecule has 0 saturated heterocycles. The molecule has 12 heteroatoms. The lowest BCUT2D eigenvalue weighted by atomic mass is 9.75. The number of ether oxygens (including phenoxy) is 1. The Labute approximate surface area is 260 Å². The molecule has 3 heterocycles. The zero-order valence-corrected chi connectivity index (χ0v) is 27.6. The van der Waals surface area contributed by atoms with Gasteiger partial charge in [0.05, 0.1) is 12.3 Å². The number of pyridine rings is 1. The van der Waals surface area contributed by atoms with Crippen molar-refractivity contribution in [3.63, 3.8) is 0 Å². The second-order valence-corrected chi connectivity index (χ2v) is 17.8. The maximum Gasteiger partial charge on any atom is 0.270 e. The lowest BCUT2D eigenvalue weighted by molar-refractivity contribution is -0.119. The summed E-state index contributed by atoms with van der Waals surface area (Å²) in [5, 5.41) is 14.6. The third-order valence-corrected chi connectivity index (χ3v) is 10.4. The summed E-state index contributed by atoms with van der Waals surface area (Å²) in [5.41, 5.74) is 3.12. The molecule has 2 N–H and O–H groups in total. The van der Waals surface area contributed by atoms with E-state index in [1.807, 2.05) is 20.8 Å². The van der Waals surface area contributed by atoms with Crippen molar-refractivity contribution in [1.82, 2.24) is 29.9 Å². The molecule has 0 bridgehead atoms. The Kier molecular flexibility index (Phi) is 9.50. The van der Waals surface area contributed by atoms with E-state index < -0.39 is 27.9 Å². The van der Waals surface area contributed by atoms with Gasteiger partial charge in [0.2, 0.25) is 11.9 Å². The molecule has 1 spiro atoms. The summed E-state index contributed by atoms with van der Waals surface area (Å²) in [4.78, 5) is 31.1. The van der Waals surface area contributed by atoms with Crippen molar-refractivity contribution in [2.24, 2.45) is 11.3 Å². The summed E-state index contributed by atoms with van der Waals surface area (Å²) in [5.74, 6) is -0.353. The van der Waals surface area contributed by atoms with Gasteiger partial charge < -0.3 is 15.4 Å². The Hall–Kier alpha value is -3.25. The van der Waals surface area contributed by atoms with Gasteiger partial charge in [-0.3, -0.25) is 14.3 Å². The van der Waals surface area contributed by atoms with Crippen LogP contribution in [0.3, 0.4) is 0 Å². The summed E-state index contributed by atoms with van der Waals surface area (Å²) < 4.78 is 24.7. The number of amides is 2. The van der Waals surface area contributed by atoms with Crippen LogP contribution in [-0.2, 0) is 22.8 Å². The number of rotatable bonds is 12. The number of anilines is 1. The highest BCUT2D eigenvalue weighted by molar-refractivity contribution is 8.32. The van der Waals surface area contributed by atoms with Crippen molar-refractivity contribution in [2.75, 3.05) is 36.4 Å². The van der Waals surface area contributed by atoms with Gasteiger partial charge in [0.15, 0.2) is 0 Å². The van der Waals surface area contributed by atoms with Gasteiger partial charge in [-0.15, -0.1) is 0 Å². The molecule has 3 aromatic heterocycles. The highest BCUT2D eigenvalue weighted by Crippen LogP contribution is 2.58.